The van der Waals surface area contributed by atoms with Gasteiger partial charge in [-0.2, -0.15) is 25.3 Å². The van der Waals surface area contributed by atoms with Crippen molar-refractivity contribution in [2.75, 3.05) is 26.2 Å². The Bertz CT molecular complexity index is 304. The van der Waals surface area contributed by atoms with Crippen LogP contribution in [0.5, 0.6) is 0 Å². The maximum Gasteiger partial charge on any atom is 0.0360 e. The normalized spacial score (nSPS) is 19.6. The van der Waals surface area contributed by atoms with E-state index in [2.05, 4.69) is 37.9 Å². The van der Waals surface area contributed by atoms with E-state index in [1.165, 1.54) is 32.1 Å². The zero-order chi connectivity index (χ0) is 16.8. The molecule has 0 heterocycles. The highest BCUT2D eigenvalue weighted by Gasteiger charge is 2.33. The molecule has 0 bridgehead atoms. The van der Waals surface area contributed by atoms with Crippen LogP contribution in [-0.2, 0) is 0 Å². The highest BCUT2D eigenvalue weighted by Crippen LogP contribution is 2.26. The molecule has 0 saturated heterocycles. The highest BCUT2D eigenvalue weighted by molar-refractivity contribution is 7.82. The van der Waals surface area contributed by atoms with Crippen molar-refractivity contribution >= 4 is 25.3 Å². The Morgan fingerprint density at radius 1 is 1.14 bits per heavy atom. The van der Waals surface area contributed by atoms with Crippen LogP contribution in [0.3, 0.4) is 0 Å². The van der Waals surface area contributed by atoms with E-state index >= 15 is 0 Å². The van der Waals surface area contributed by atoms with Gasteiger partial charge in [0.2, 0.25) is 0 Å². The number of hydrogen-bond donors (Lipinski definition) is 4. The molecule has 1 saturated carbocycles. The molecule has 0 amide bonds. The second kappa shape index (κ2) is 9.16. The standard InChI is InChI=1S/C17H37N3S2/c1-16(2,21)13-20(11-10-18)15(17(3,4)22)12-19-14-8-6-5-7-9-14/h14-15,19,21-22H,5-13,18H2,1-4H3. The van der Waals surface area contributed by atoms with Crippen LogP contribution in [0.25, 0.3) is 0 Å². The molecule has 3 N–H and O–H groups in total. The molecule has 0 aliphatic heterocycles. The van der Waals surface area contributed by atoms with Gasteiger partial charge in [-0.25, -0.2) is 0 Å². The smallest absolute Gasteiger partial charge is 0.0360 e. The Morgan fingerprint density at radius 3 is 2.18 bits per heavy atom. The summed E-state index contributed by atoms with van der Waals surface area (Å²) in [4.78, 5) is 2.47. The molecule has 1 unspecified atom stereocenters. The highest BCUT2D eigenvalue weighted by atomic mass is 32.1. The fourth-order valence-corrected chi connectivity index (χ4v) is 3.85. The molecule has 0 spiro atoms. The molecule has 22 heavy (non-hydrogen) atoms. The molecular formula is C17H37N3S2. The second-order valence-corrected chi connectivity index (χ2v) is 10.3. The first kappa shape index (κ1) is 20.6. The molecule has 0 aromatic carbocycles. The average molecular weight is 348 g/mol. The molecule has 5 heteroatoms. The lowest BCUT2D eigenvalue weighted by atomic mass is 9.94. The molecule has 1 fully saturated rings. The van der Waals surface area contributed by atoms with Gasteiger partial charge in [-0.3, -0.25) is 4.90 Å². The number of thiol groups is 2. The van der Waals surface area contributed by atoms with Crippen molar-refractivity contribution in [1.82, 2.24) is 10.2 Å². The van der Waals surface area contributed by atoms with Crippen LogP contribution in [0.4, 0.5) is 0 Å². The van der Waals surface area contributed by atoms with Gasteiger partial charge in [0.25, 0.3) is 0 Å². The van der Waals surface area contributed by atoms with E-state index in [9.17, 15) is 0 Å². The molecule has 1 atom stereocenters. The van der Waals surface area contributed by atoms with E-state index in [-0.39, 0.29) is 9.49 Å². The zero-order valence-corrected chi connectivity index (χ0v) is 16.7. The maximum atomic E-state index is 5.86. The fourth-order valence-electron chi connectivity index (χ4n) is 3.42. The fraction of sp³-hybridized carbons (Fsp3) is 1.00. The first-order valence-electron chi connectivity index (χ1n) is 8.76. The Kier molecular flexibility index (Phi) is 8.59. The zero-order valence-electron chi connectivity index (χ0n) is 14.9. The monoisotopic (exact) mass is 347 g/mol. The van der Waals surface area contributed by atoms with E-state index < -0.39 is 0 Å². The van der Waals surface area contributed by atoms with Gasteiger partial charge in [0, 0.05) is 47.8 Å². The van der Waals surface area contributed by atoms with Crippen molar-refractivity contribution in [2.24, 2.45) is 5.73 Å². The van der Waals surface area contributed by atoms with E-state index in [0.717, 1.165) is 19.6 Å². The van der Waals surface area contributed by atoms with Gasteiger partial charge in [0.15, 0.2) is 0 Å². The van der Waals surface area contributed by atoms with Gasteiger partial charge in [-0.05, 0) is 40.5 Å². The van der Waals surface area contributed by atoms with Crippen LogP contribution in [-0.4, -0.2) is 52.7 Å². The van der Waals surface area contributed by atoms with E-state index in [1.807, 2.05) is 0 Å². The average Bonchev–Trinajstić information content (AvgIpc) is 2.37. The Hall–Kier alpha value is 0.580. The SMILES string of the molecule is CC(C)(S)CN(CCN)C(CNC1CCCCC1)C(C)(C)S. The molecule has 3 nitrogen and oxygen atoms in total. The summed E-state index contributed by atoms with van der Waals surface area (Å²) in [6.07, 6.45) is 6.75. The maximum absolute atomic E-state index is 5.86. The summed E-state index contributed by atoms with van der Waals surface area (Å²) in [5.41, 5.74) is 5.86. The summed E-state index contributed by atoms with van der Waals surface area (Å²) in [5, 5.41) is 3.80. The lowest BCUT2D eigenvalue weighted by Gasteiger charge is -2.43. The van der Waals surface area contributed by atoms with Crippen LogP contribution in [0.2, 0.25) is 0 Å². The molecule has 1 rings (SSSR count). The summed E-state index contributed by atoms with van der Waals surface area (Å²) >= 11 is 9.60. The van der Waals surface area contributed by atoms with Gasteiger partial charge >= 0.3 is 0 Å². The van der Waals surface area contributed by atoms with Crippen molar-refractivity contribution < 1.29 is 0 Å². The van der Waals surface area contributed by atoms with Crippen molar-refractivity contribution in [3.05, 3.63) is 0 Å². The van der Waals surface area contributed by atoms with E-state index in [1.54, 1.807) is 0 Å². The van der Waals surface area contributed by atoms with Crippen LogP contribution >= 0.6 is 25.3 Å². The van der Waals surface area contributed by atoms with Crippen LogP contribution in [0.15, 0.2) is 0 Å². The molecule has 1 aliphatic carbocycles. The van der Waals surface area contributed by atoms with Crippen molar-refractivity contribution in [3.8, 4) is 0 Å². The van der Waals surface area contributed by atoms with Gasteiger partial charge < -0.3 is 11.1 Å². The quantitative estimate of drug-likeness (QED) is 0.485. The molecular weight excluding hydrogens is 310 g/mol. The Balaban J connectivity index is 2.70. The number of rotatable bonds is 9. The molecule has 1 aliphatic rings. The minimum Gasteiger partial charge on any atom is -0.329 e. The van der Waals surface area contributed by atoms with E-state index in [0.29, 0.717) is 18.6 Å². The Morgan fingerprint density at radius 2 is 1.73 bits per heavy atom. The topological polar surface area (TPSA) is 41.3 Å². The van der Waals surface area contributed by atoms with E-state index in [4.69, 9.17) is 31.0 Å². The third-order valence-electron chi connectivity index (χ3n) is 4.47. The number of nitrogens with one attached hydrogen (secondary N) is 1. The lowest BCUT2D eigenvalue weighted by molar-refractivity contribution is 0.153. The summed E-state index contributed by atoms with van der Waals surface area (Å²) in [5.74, 6) is 0. The first-order valence-corrected chi connectivity index (χ1v) is 9.65. The molecule has 0 aromatic rings. The summed E-state index contributed by atoms with van der Waals surface area (Å²) < 4.78 is -0.104. The molecule has 0 aromatic heterocycles. The summed E-state index contributed by atoms with van der Waals surface area (Å²) in [6.45, 7) is 12.2. The summed E-state index contributed by atoms with van der Waals surface area (Å²) in [6, 6.07) is 1.03. The van der Waals surface area contributed by atoms with Gasteiger partial charge in [0.1, 0.15) is 0 Å². The van der Waals surface area contributed by atoms with Crippen molar-refractivity contribution in [1.29, 1.82) is 0 Å². The first-order chi connectivity index (χ1) is 10.1. The number of nitrogens with two attached hydrogens (primary N) is 1. The van der Waals surface area contributed by atoms with Crippen LogP contribution in [0, 0.1) is 0 Å². The summed E-state index contributed by atoms with van der Waals surface area (Å²) in [7, 11) is 0. The van der Waals surface area contributed by atoms with Crippen molar-refractivity contribution in [2.45, 2.75) is 81.4 Å². The second-order valence-electron chi connectivity index (χ2n) is 7.98. The number of nitrogens with zero attached hydrogens (tertiary/aromatic N) is 1. The van der Waals surface area contributed by atoms with Crippen molar-refractivity contribution in [3.63, 3.8) is 0 Å². The minimum atomic E-state index is -0.0735. The van der Waals surface area contributed by atoms with Gasteiger partial charge in [-0.15, -0.1) is 0 Å². The molecule has 0 radical (unpaired) electrons. The number of hydrogen-bond acceptors (Lipinski definition) is 5. The third kappa shape index (κ3) is 7.91. The lowest BCUT2D eigenvalue weighted by Crippen LogP contribution is -2.57. The van der Waals surface area contributed by atoms with Gasteiger partial charge in [0.05, 0.1) is 0 Å². The third-order valence-corrected chi connectivity index (χ3v) is 4.91. The molecule has 132 valence electrons. The minimum absolute atomic E-state index is 0.0305. The predicted octanol–water partition coefficient (Wildman–Crippen LogP) is 2.95. The largest absolute Gasteiger partial charge is 0.329 e. The predicted molar refractivity (Wildman–Crippen MR) is 105 cm³/mol. The van der Waals surface area contributed by atoms with Gasteiger partial charge in [-0.1, -0.05) is 19.3 Å². The van der Waals surface area contributed by atoms with Crippen LogP contribution in [0.1, 0.15) is 59.8 Å². The Labute approximate surface area is 149 Å². The van der Waals surface area contributed by atoms with Crippen LogP contribution < -0.4 is 11.1 Å².